The number of hydrogen-bond acceptors (Lipinski definition) is 4. The summed E-state index contributed by atoms with van der Waals surface area (Å²) in [5.41, 5.74) is 2.65. The molecular weight excluding hydrogens is 258 g/mol. The Bertz CT molecular complexity index is 675. The van der Waals surface area contributed by atoms with Crippen molar-refractivity contribution in [3.63, 3.8) is 0 Å². The summed E-state index contributed by atoms with van der Waals surface area (Å²) < 4.78 is 1.67. The lowest BCUT2D eigenvalue weighted by atomic mass is 10.1. The molecule has 4 nitrogen and oxygen atoms in total. The third-order valence-electron chi connectivity index (χ3n) is 3.01. The van der Waals surface area contributed by atoms with E-state index in [9.17, 15) is 5.11 Å². The SMILES string of the molecule is Cc1ccsc1C(O)c1cnnn1-c1ccccc1. The van der Waals surface area contributed by atoms with Gasteiger partial charge in [0.15, 0.2) is 0 Å². The molecule has 0 aliphatic carbocycles. The van der Waals surface area contributed by atoms with E-state index in [2.05, 4.69) is 10.3 Å². The maximum atomic E-state index is 10.5. The Morgan fingerprint density at radius 3 is 2.68 bits per heavy atom. The fraction of sp³-hybridized carbons (Fsp3) is 0.143. The van der Waals surface area contributed by atoms with E-state index in [-0.39, 0.29) is 0 Å². The Morgan fingerprint density at radius 2 is 2.00 bits per heavy atom. The highest BCUT2D eigenvalue weighted by Gasteiger charge is 2.19. The molecule has 96 valence electrons. The van der Waals surface area contributed by atoms with Crippen molar-refractivity contribution in [2.24, 2.45) is 0 Å². The van der Waals surface area contributed by atoms with Crippen molar-refractivity contribution in [1.82, 2.24) is 15.0 Å². The Morgan fingerprint density at radius 1 is 1.21 bits per heavy atom. The van der Waals surface area contributed by atoms with Gasteiger partial charge in [0.1, 0.15) is 6.10 Å². The highest BCUT2D eigenvalue weighted by atomic mass is 32.1. The summed E-state index contributed by atoms with van der Waals surface area (Å²) in [7, 11) is 0. The van der Waals surface area contributed by atoms with Crippen LogP contribution in [0.2, 0.25) is 0 Å². The summed E-state index contributed by atoms with van der Waals surface area (Å²) in [4.78, 5) is 0.930. The van der Waals surface area contributed by atoms with Crippen LogP contribution in [-0.4, -0.2) is 20.1 Å². The second-order valence-corrected chi connectivity index (χ2v) is 5.22. The minimum absolute atomic E-state index is 0.678. The van der Waals surface area contributed by atoms with Crippen molar-refractivity contribution in [3.8, 4) is 5.69 Å². The lowest BCUT2D eigenvalue weighted by Crippen LogP contribution is -2.08. The average molecular weight is 271 g/mol. The minimum atomic E-state index is -0.699. The van der Waals surface area contributed by atoms with Gasteiger partial charge < -0.3 is 5.11 Å². The zero-order valence-corrected chi connectivity index (χ0v) is 11.2. The van der Waals surface area contributed by atoms with Crippen LogP contribution in [0.15, 0.2) is 48.0 Å². The van der Waals surface area contributed by atoms with Gasteiger partial charge in [0.25, 0.3) is 0 Å². The highest BCUT2D eigenvalue weighted by Crippen LogP contribution is 2.29. The van der Waals surface area contributed by atoms with Crippen molar-refractivity contribution in [1.29, 1.82) is 0 Å². The predicted molar refractivity (Wildman–Crippen MR) is 74.5 cm³/mol. The number of aliphatic hydroxyl groups is 1. The third-order valence-corrected chi connectivity index (χ3v) is 4.08. The minimum Gasteiger partial charge on any atom is -0.381 e. The Hall–Kier alpha value is -1.98. The summed E-state index contributed by atoms with van der Waals surface area (Å²) in [6, 6.07) is 11.7. The maximum absolute atomic E-state index is 10.5. The van der Waals surface area contributed by atoms with Gasteiger partial charge in [-0.25, -0.2) is 4.68 Å². The van der Waals surface area contributed by atoms with Gasteiger partial charge in [0.2, 0.25) is 0 Å². The Balaban J connectivity index is 2.04. The largest absolute Gasteiger partial charge is 0.381 e. The molecule has 5 heteroatoms. The Kier molecular flexibility index (Phi) is 3.15. The molecule has 2 aromatic heterocycles. The number of para-hydroxylation sites is 1. The van der Waals surface area contributed by atoms with Crippen LogP contribution in [0.5, 0.6) is 0 Å². The monoisotopic (exact) mass is 271 g/mol. The van der Waals surface area contributed by atoms with Crippen molar-refractivity contribution >= 4 is 11.3 Å². The first-order valence-electron chi connectivity index (χ1n) is 5.95. The molecule has 1 atom stereocenters. The smallest absolute Gasteiger partial charge is 0.132 e. The van der Waals surface area contributed by atoms with Gasteiger partial charge in [-0.3, -0.25) is 0 Å². The van der Waals surface area contributed by atoms with E-state index in [1.54, 1.807) is 22.2 Å². The van der Waals surface area contributed by atoms with Crippen molar-refractivity contribution < 1.29 is 5.11 Å². The van der Waals surface area contributed by atoms with E-state index in [0.717, 1.165) is 16.1 Å². The number of aromatic nitrogens is 3. The van der Waals surface area contributed by atoms with Crippen LogP contribution in [0.4, 0.5) is 0 Å². The van der Waals surface area contributed by atoms with Crippen LogP contribution in [-0.2, 0) is 0 Å². The second kappa shape index (κ2) is 4.95. The summed E-state index contributed by atoms with van der Waals surface area (Å²) >= 11 is 1.54. The van der Waals surface area contributed by atoms with E-state index in [4.69, 9.17) is 0 Å². The molecule has 1 N–H and O–H groups in total. The fourth-order valence-corrected chi connectivity index (χ4v) is 2.92. The number of benzene rings is 1. The second-order valence-electron chi connectivity index (χ2n) is 4.28. The molecule has 0 aliphatic heterocycles. The fourth-order valence-electron chi connectivity index (χ4n) is 2.00. The van der Waals surface area contributed by atoms with Crippen LogP contribution < -0.4 is 0 Å². The molecule has 0 spiro atoms. The topological polar surface area (TPSA) is 50.9 Å². The van der Waals surface area contributed by atoms with E-state index in [0.29, 0.717) is 5.69 Å². The van der Waals surface area contributed by atoms with E-state index in [1.165, 1.54) is 0 Å². The van der Waals surface area contributed by atoms with Crippen LogP contribution in [0.3, 0.4) is 0 Å². The third kappa shape index (κ3) is 2.18. The molecule has 0 aliphatic rings. The first-order valence-corrected chi connectivity index (χ1v) is 6.83. The van der Waals surface area contributed by atoms with Crippen LogP contribution in [0.1, 0.15) is 22.2 Å². The van der Waals surface area contributed by atoms with Crippen molar-refractivity contribution in [3.05, 3.63) is 64.1 Å². The van der Waals surface area contributed by atoms with E-state index in [1.807, 2.05) is 48.7 Å². The average Bonchev–Trinajstić information content (AvgIpc) is 3.07. The molecule has 1 aromatic carbocycles. The summed E-state index contributed by atoms with van der Waals surface area (Å²) in [5.74, 6) is 0. The predicted octanol–water partition coefficient (Wildman–Crippen LogP) is 2.72. The molecule has 19 heavy (non-hydrogen) atoms. The van der Waals surface area contributed by atoms with Crippen molar-refractivity contribution in [2.75, 3.05) is 0 Å². The lowest BCUT2D eigenvalue weighted by molar-refractivity contribution is 0.215. The normalized spacial score (nSPS) is 12.5. The van der Waals surface area contributed by atoms with E-state index < -0.39 is 6.10 Å². The summed E-state index contributed by atoms with van der Waals surface area (Å²) in [6.07, 6.45) is 0.909. The molecule has 0 fully saturated rings. The van der Waals surface area contributed by atoms with Crippen LogP contribution in [0, 0.1) is 6.92 Å². The Labute approximate surface area is 115 Å². The molecule has 0 bridgehead atoms. The number of aryl methyl sites for hydroxylation is 1. The molecule has 3 aromatic rings. The molecule has 2 heterocycles. The van der Waals surface area contributed by atoms with Gasteiger partial charge in [-0.1, -0.05) is 23.4 Å². The number of thiophene rings is 1. The number of rotatable bonds is 3. The number of hydrogen-bond donors (Lipinski definition) is 1. The highest BCUT2D eigenvalue weighted by molar-refractivity contribution is 7.10. The van der Waals surface area contributed by atoms with Gasteiger partial charge in [0.05, 0.1) is 17.6 Å². The number of nitrogens with zero attached hydrogens (tertiary/aromatic N) is 3. The number of aliphatic hydroxyl groups excluding tert-OH is 1. The lowest BCUT2D eigenvalue weighted by Gasteiger charge is -2.12. The summed E-state index contributed by atoms with van der Waals surface area (Å²) in [5, 5.41) is 20.5. The van der Waals surface area contributed by atoms with Gasteiger partial charge in [-0.05, 0) is 36.1 Å². The zero-order chi connectivity index (χ0) is 13.2. The van der Waals surface area contributed by atoms with E-state index >= 15 is 0 Å². The summed E-state index contributed by atoms with van der Waals surface area (Å²) in [6.45, 7) is 1.99. The van der Waals surface area contributed by atoms with Gasteiger partial charge in [-0.2, -0.15) is 0 Å². The first kappa shape index (κ1) is 12.1. The standard InChI is InChI=1S/C14H13N3OS/c1-10-7-8-19-14(10)13(18)12-9-15-16-17(12)11-5-3-2-4-6-11/h2-9,13,18H,1H3. The first-order chi connectivity index (χ1) is 9.27. The molecule has 0 amide bonds. The van der Waals surface area contributed by atoms with Gasteiger partial charge in [0, 0.05) is 4.88 Å². The van der Waals surface area contributed by atoms with Crippen LogP contribution >= 0.6 is 11.3 Å². The molecule has 0 saturated carbocycles. The molecular formula is C14H13N3OS. The molecule has 1 unspecified atom stereocenters. The van der Waals surface area contributed by atoms with Gasteiger partial charge >= 0.3 is 0 Å². The quantitative estimate of drug-likeness (QED) is 0.797. The maximum Gasteiger partial charge on any atom is 0.132 e. The molecule has 0 radical (unpaired) electrons. The molecule has 3 rings (SSSR count). The van der Waals surface area contributed by atoms with Crippen LogP contribution in [0.25, 0.3) is 5.69 Å². The van der Waals surface area contributed by atoms with Gasteiger partial charge in [-0.15, -0.1) is 16.4 Å². The zero-order valence-electron chi connectivity index (χ0n) is 10.4. The molecule has 0 saturated heterocycles. The van der Waals surface area contributed by atoms with Crippen molar-refractivity contribution in [2.45, 2.75) is 13.0 Å².